The Morgan fingerprint density at radius 3 is 2.81 bits per heavy atom. The van der Waals surface area contributed by atoms with Crippen LogP contribution in [0.25, 0.3) is 0 Å². The second-order valence-electron chi connectivity index (χ2n) is 4.30. The van der Waals surface area contributed by atoms with E-state index < -0.39 is 11.6 Å². The Labute approximate surface area is 93.8 Å². The number of rotatable bonds is 3. The van der Waals surface area contributed by atoms with Gasteiger partial charge in [0.05, 0.1) is 5.69 Å². The van der Waals surface area contributed by atoms with Crippen molar-refractivity contribution >= 4 is 5.69 Å². The quantitative estimate of drug-likeness (QED) is 0.831. The molecule has 0 saturated heterocycles. The van der Waals surface area contributed by atoms with Gasteiger partial charge in [0.15, 0.2) is 0 Å². The van der Waals surface area contributed by atoms with Crippen LogP contribution in [0.1, 0.15) is 19.3 Å². The first kappa shape index (κ1) is 11.3. The minimum absolute atomic E-state index is 0.213. The molecule has 1 aromatic carbocycles. The molecule has 0 radical (unpaired) electrons. The Bertz CT molecular complexity index is 368. The highest BCUT2D eigenvalue weighted by Gasteiger charge is 2.26. The standard InChI is InChI=1S/C12H16F2N2/c13-9-4-5-12(10(14)6-9)16-11-3-1-2-8(11)7-15/h4-6,8,11,16H,1-3,7,15H2. The highest BCUT2D eigenvalue weighted by atomic mass is 19.1. The number of hydrogen-bond acceptors (Lipinski definition) is 2. The zero-order valence-electron chi connectivity index (χ0n) is 9.05. The van der Waals surface area contributed by atoms with Crippen molar-refractivity contribution in [2.24, 2.45) is 11.7 Å². The van der Waals surface area contributed by atoms with E-state index in [2.05, 4.69) is 5.32 Å². The van der Waals surface area contributed by atoms with Crippen molar-refractivity contribution in [3.8, 4) is 0 Å². The molecule has 1 saturated carbocycles. The van der Waals surface area contributed by atoms with Gasteiger partial charge in [-0.15, -0.1) is 0 Å². The van der Waals surface area contributed by atoms with E-state index in [-0.39, 0.29) is 6.04 Å². The van der Waals surface area contributed by atoms with E-state index in [0.29, 0.717) is 18.2 Å². The third kappa shape index (κ3) is 2.32. The van der Waals surface area contributed by atoms with Crippen LogP contribution in [0.5, 0.6) is 0 Å². The Balaban J connectivity index is 2.08. The molecule has 0 aromatic heterocycles. The lowest BCUT2D eigenvalue weighted by molar-refractivity contribution is 0.512. The van der Waals surface area contributed by atoms with Crippen LogP contribution in [0.2, 0.25) is 0 Å². The van der Waals surface area contributed by atoms with E-state index in [1.54, 1.807) is 0 Å². The number of nitrogens with two attached hydrogens (primary N) is 1. The van der Waals surface area contributed by atoms with Gasteiger partial charge in [-0.3, -0.25) is 0 Å². The topological polar surface area (TPSA) is 38.0 Å². The summed E-state index contributed by atoms with van der Waals surface area (Å²) < 4.78 is 26.1. The lowest BCUT2D eigenvalue weighted by atomic mass is 10.0. The molecule has 1 aliphatic rings. The van der Waals surface area contributed by atoms with Crippen molar-refractivity contribution in [3.63, 3.8) is 0 Å². The number of anilines is 1. The minimum atomic E-state index is -0.551. The molecular weight excluding hydrogens is 210 g/mol. The van der Waals surface area contributed by atoms with E-state index in [0.717, 1.165) is 25.3 Å². The second kappa shape index (κ2) is 4.78. The van der Waals surface area contributed by atoms with Crippen molar-refractivity contribution in [2.45, 2.75) is 25.3 Å². The molecular formula is C12H16F2N2. The molecule has 3 N–H and O–H groups in total. The molecule has 0 spiro atoms. The van der Waals surface area contributed by atoms with Crippen LogP contribution >= 0.6 is 0 Å². The summed E-state index contributed by atoms with van der Waals surface area (Å²) in [7, 11) is 0. The van der Waals surface area contributed by atoms with Crippen LogP contribution in [0.4, 0.5) is 14.5 Å². The van der Waals surface area contributed by atoms with E-state index in [1.165, 1.54) is 12.1 Å². The summed E-state index contributed by atoms with van der Waals surface area (Å²) >= 11 is 0. The fraction of sp³-hybridized carbons (Fsp3) is 0.500. The predicted molar refractivity (Wildman–Crippen MR) is 60.2 cm³/mol. The molecule has 2 unspecified atom stereocenters. The minimum Gasteiger partial charge on any atom is -0.380 e. The van der Waals surface area contributed by atoms with Gasteiger partial charge in [0.25, 0.3) is 0 Å². The lowest BCUT2D eigenvalue weighted by Gasteiger charge is -2.20. The second-order valence-corrected chi connectivity index (χ2v) is 4.30. The predicted octanol–water partition coefficient (Wildman–Crippen LogP) is 2.50. The lowest BCUT2D eigenvalue weighted by Crippen LogP contribution is -2.29. The fourth-order valence-corrected chi connectivity index (χ4v) is 2.32. The Morgan fingerprint density at radius 1 is 1.31 bits per heavy atom. The first-order valence-electron chi connectivity index (χ1n) is 5.62. The summed E-state index contributed by atoms with van der Waals surface area (Å²) in [6.45, 7) is 0.612. The third-order valence-electron chi connectivity index (χ3n) is 3.23. The van der Waals surface area contributed by atoms with E-state index in [1.807, 2.05) is 0 Å². The molecule has 4 heteroatoms. The molecule has 0 heterocycles. The van der Waals surface area contributed by atoms with Crippen molar-refractivity contribution in [3.05, 3.63) is 29.8 Å². The van der Waals surface area contributed by atoms with Crippen molar-refractivity contribution in [2.75, 3.05) is 11.9 Å². The normalized spacial score (nSPS) is 24.7. The molecule has 2 atom stereocenters. The van der Waals surface area contributed by atoms with Gasteiger partial charge < -0.3 is 11.1 Å². The van der Waals surface area contributed by atoms with Crippen LogP contribution in [0.3, 0.4) is 0 Å². The Hall–Kier alpha value is -1.16. The summed E-state index contributed by atoms with van der Waals surface area (Å²) in [5.41, 5.74) is 6.01. The Morgan fingerprint density at radius 2 is 2.12 bits per heavy atom. The molecule has 2 rings (SSSR count). The van der Waals surface area contributed by atoms with Crippen LogP contribution in [0, 0.1) is 17.6 Å². The average molecular weight is 226 g/mol. The summed E-state index contributed by atoms with van der Waals surface area (Å²) in [5, 5.41) is 3.12. The van der Waals surface area contributed by atoms with Crippen LogP contribution < -0.4 is 11.1 Å². The zero-order valence-corrected chi connectivity index (χ0v) is 9.05. The molecule has 16 heavy (non-hydrogen) atoms. The third-order valence-corrected chi connectivity index (χ3v) is 3.23. The largest absolute Gasteiger partial charge is 0.380 e. The van der Waals surface area contributed by atoms with E-state index >= 15 is 0 Å². The highest BCUT2D eigenvalue weighted by Crippen LogP contribution is 2.28. The van der Waals surface area contributed by atoms with Gasteiger partial charge in [-0.05, 0) is 37.4 Å². The van der Waals surface area contributed by atoms with Gasteiger partial charge in [0, 0.05) is 12.1 Å². The van der Waals surface area contributed by atoms with E-state index in [4.69, 9.17) is 5.73 Å². The summed E-state index contributed by atoms with van der Waals surface area (Å²) in [6, 6.07) is 3.81. The first-order chi connectivity index (χ1) is 7.70. The zero-order chi connectivity index (χ0) is 11.5. The molecule has 1 fully saturated rings. The number of hydrogen-bond donors (Lipinski definition) is 2. The molecule has 2 nitrogen and oxygen atoms in total. The molecule has 1 aromatic rings. The SMILES string of the molecule is NCC1CCCC1Nc1ccc(F)cc1F. The average Bonchev–Trinajstić information content (AvgIpc) is 2.69. The molecule has 88 valence electrons. The summed E-state index contributed by atoms with van der Waals surface area (Å²) in [6.07, 6.45) is 3.19. The van der Waals surface area contributed by atoms with Gasteiger partial charge in [-0.2, -0.15) is 0 Å². The molecule has 0 amide bonds. The van der Waals surface area contributed by atoms with E-state index in [9.17, 15) is 8.78 Å². The van der Waals surface area contributed by atoms with Crippen LogP contribution in [-0.2, 0) is 0 Å². The molecule has 0 bridgehead atoms. The van der Waals surface area contributed by atoms with Gasteiger partial charge in [0.1, 0.15) is 11.6 Å². The summed E-state index contributed by atoms with van der Waals surface area (Å²) in [5.74, 6) is -0.697. The van der Waals surface area contributed by atoms with Crippen molar-refractivity contribution in [1.29, 1.82) is 0 Å². The smallest absolute Gasteiger partial charge is 0.149 e. The maximum absolute atomic E-state index is 13.4. The number of nitrogens with one attached hydrogen (secondary N) is 1. The maximum Gasteiger partial charge on any atom is 0.149 e. The number of benzene rings is 1. The van der Waals surface area contributed by atoms with Gasteiger partial charge in [-0.1, -0.05) is 6.42 Å². The first-order valence-corrected chi connectivity index (χ1v) is 5.62. The number of halogens is 2. The highest BCUT2D eigenvalue weighted by molar-refractivity contribution is 5.45. The van der Waals surface area contributed by atoms with Crippen molar-refractivity contribution < 1.29 is 8.78 Å². The van der Waals surface area contributed by atoms with Crippen LogP contribution in [0.15, 0.2) is 18.2 Å². The van der Waals surface area contributed by atoms with Gasteiger partial charge in [0.2, 0.25) is 0 Å². The van der Waals surface area contributed by atoms with Gasteiger partial charge in [-0.25, -0.2) is 8.78 Å². The fourth-order valence-electron chi connectivity index (χ4n) is 2.32. The monoisotopic (exact) mass is 226 g/mol. The van der Waals surface area contributed by atoms with Crippen molar-refractivity contribution in [1.82, 2.24) is 0 Å². The molecule has 0 aliphatic heterocycles. The van der Waals surface area contributed by atoms with Gasteiger partial charge >= 0.3 is 0 Å². The Kier molecular flexibility index (Phi) is 3.39. The molecule has 1 aliphatic carbocycles. The summed E-state index contributed by atoms with van der Waals surface area (Å²) in [4.78, 5) is 0. The van der Waals surface area contributed by atoms with Crippen LogP contribution in [-0.4, -0.2) is 12.6 Å². The maximum atomic E-state index is 13.4.